The van der Waals surface area contributed by atoms with Gasteiger partial charge in [-0.3, -0.25) is 9.97 Å². The Morgan fingerprint density at radius 2 is 1.36 bits per heavy atom. The zero-order valence-corrected chi connectivity index (χ0v) is 11.8. The van der Waals surface area contributed by atoms with E-state index in [1.165, 1.54) is 0 Å². The van der Waals surface area contributed by atoms with Gasteiger partial charge in [-0.1, -0.05) is 42.5 Å². The van der Waals surface area contributed by atoms with Crippen LogP contribution in [0.25, 0.3) is 33.4 Å². The van der Waals surface area contributed by atoms with Crippen LogP contribution in [-0.2, 0) is 0 Å². The molecular formula is C19H13N3. The van der Waals surface area contributed by atoms with Gasteiger partial charge in [-0.15, -0.1) is 0 Å². The highest BCUT2D eigenvalue weighted by atomic mass is 14.8. The van der Waals surface area contributed by atoms with Crippen LogP contribution in [0.15, 0.2) is 79.3 Å². The molecule has 0 saturated carbocycles. The number of nitrogens with zero attached hydrogens (tertiary/aromatic N) is 3. The molecule has 3 nitrogen and oxygen atoms in total. The monoisotopic (exact) mass is 283 g/mol. The molecule has 0 amide bonds. The average molecular weight is 283 g/mol. The van der Waals surface area contributed by atoms with Crippen LogP contribution in [0.2, 0.25) is 0 Å². The van der Waals surface area contributed by atoms with Crippen molar-refractivity contribution in [3.63, 3.8) is 0 Å². The fourth-order valence-corrected chi connectivity index (χ4v) is 2.46. The molecule has 0 spiro atoms. The first-order valence-corrected chi connectivity index (χ1v) is 7.13. The topological polar surface area (TPSA) is 38.7 Å². The lowest BCUT2D eigenvalue weighted by Gasteiger charge is -2.05. The molecule has 0 saturated heterocycles. The fraction of sp³-hybridized carbons (Fsp3) is 0. The minimum Gasteiger partial charge on any atom is -0.264 e. The van der Waals surface area contributed by atoms with E-state index in [0.717, 1.165) is 33.4 Å². The number of aromatic nitrogens is 3. The Morgan fingerprint density at radius 1 is 0.591 bits per heavy atom. The first kappa shape index (κ1) is 12.7. The number of rotatable bonds is 2. The van der Waals surface area contributed by atoms with Gasteiger partial charge in [0.2, 0.25) is 0 Å². The van der Waals surface area contributed by atoms with Crippen LogP contribution in [0.1, 0.15) is 0 Å². The van der Waals surface area contributed by atoms with Crippen molar-refractivity contribution >= 4 is 11.0 Å². The zero-order chi connectivity index (χ0) is 14.8. The van der Waals surface area contributed by atoms with Crippen molar-refractivity contribution in [2.75, 3.05) is 0 Å². The predicted octanol–water partition coefficient (Wildman–Crippen LogP) is 4.36. The van der Waals surface area contributed by atoms with Gasteiger partial charge in [0.05, 0.1) is 22.9 Å². The normalized spacial score (nSPS) is 10.7. The standard InChI is InChI=1S/C19H13N3/c1-2-6-18-17(5-1)21-13-19(22-18)15-9-7-14(8-10-15)16-4-3-11-20-12-16/h1-13H. The van der Waals surface area contributed by atoms with Gasteiger partial charge in [0.1, 0.15) is 0 Å². The first-order valence-electron chi connectivity index (χ1n) is 7.13. The van der Waals surface area contributed by atoms with Crippen LogP contribution < -0.4 is 0 Å². The highest BCUT2D eigenvalue weighted by Crippen LogP contribution is 2.23. The summed E-state index contributed by atoms with van der Waals surface area (Å²) >= 11 is 0. The Kier molecular flexibility index (Phi) is 3.09. The number of hydrogen-bond acceptors (Lipinski definition) is 3. The van der Waals surface area contributed by atoms with E-state index in [1.807, 2.05) is 42.7 Å². The van der Waals surface area contributed by atoms with Crippen molar-refractivity contribution in [1.29, 1.82) is 0 Å². The van der Waals surface area contributed by atoms with Crippen molar-refractivity contribution in [2.45, 2.75) is 0 Å². The van der Waals surface area contributed by atoms with Crippen molar-refractivity contribution in [3.05, 3.63) is 79.3 Å². The van der Waals surface area contributed by atoms with E-state index in [-0.39, 0.29) is 0 Å². The molecule has 0 aliphatic carbocycles. The number of pyridine rings is 1. The highest BCUT2D eigenvalue weighted by Gasteiger charge is 2.03. The third-order valence-electron chi connectivity index (χ3n) is 3.62. The lowest BCUT2D eigenvalue weighted by atomic mass is 10.0. The molecule has 3 heteroatoms. The maximum atomic E-state index is 4.67. The van der Waals surface area contributed by atoms with Gasteiger partial charge in [0.15, 0.2) is 0 Å². The van der Waals surface area contributed by atoms with Crippen molar-refractivity contribution < 1.29 is 0 Å². The minimum absolute atomic E-state index is 0.886. The molecular weight excluding hydrogens is 270 g/mol. The molecule has 2 aromatic heterocycles. The van der Waals surface area contributed by atoms with Crippen molar-refractivity contribution in [3.8, 4) is 22.4 Å². The van der Waals surface area contributed by atoms with Gasteiger partial charge < -0.3 is 0 Å². The molecule has 2 aromatic carbocycles. The SMILES string of the molecule is c1cncc(-c2ccc(-c3cnc4ccccc4n3)cc2)c1. The van der Waals surface area contributed by atoms with E-state index in [1.54, 1.807) is 6.20 Å². The summed E-state index contributed by atoms with van der Waals surface area (Å²) in [4.78, 5) is 13.3. The molecule has 0 bridgehead atoms. The van der Waals surface area contributed by atoms with E-state index in [0.29, 0.717) is 0 Å². The molecule has 4 rings (SSSR count). The van der Waals surface area contributed by atoms with Crippen LogP contribution in [-0.4, -0.2) is 15.0 Å². The van der Waals surface area contributed by atoms with E-state index >= 15 is 0 Å². The summed E-state index contributed by atoms with van der Waals surface area (Å²) in [6.45, 7) is 0. The van der Waals surface area contributed by atoms with E-state index in [4.69, 9.17) is 0 Å². The Morgan fingerprint density at radius 3 is 2.14 bits per heavy atom. The molecule has 0 fully saturated rings. The largest absolute Gasteiger partial charge is 0.264 e. The number of hydrogen-bond donors (Lipinski definition) is 0. The third-order valence-corrected chi connectivity index (χ3v) is 3.62. The van der Waals surface area contributed by atoms with Gasteiger partial charge in [-0.25, -0.2) is 4.98 Å². The third kappa shape index (κ3) is 2.33. The predicted molar refractivity (Wildman–Crippen MR) is 88.2 cm³/mol. The van der Waals surface area contributed by atoms with Crippen molar-refractivity contribution in [2.24, 2.45) is 0 Å². The second-order valence-corrected chi connectivity index (χ2v) is 5.06. The summed E-state index contributed by atoms with van der Waals surface area (Å²) in [6.07, 6.45) is 5.47. The summed E-state index contributed by atoms with van der Waals surface area (Å²) in [6, 6.07) is 20.2. The maximum Gasteiger partial charge on any atom is 0.0894 e. The Labute approximate surface area is 128 Å². The molecule has 0 unspecified atom stereocenters. The van der Waals surface area contributed by atoms with Crippen LogP contribution in [0.5, 0.6) is 0 Å². The molecule has 0 aliphatic heterocycles. The molecule has 4 aromatic rings. The highest BCUT2D eigenvalue weighted by molar-refractivity contribution is 5.77. The summed E-state index contributed by atoms with van der Waals surface area (Å²) < 4.78 is 0. The van der Waals surface area contributed by atoms with Gasteiger partial charge in [0, 0.05) is 18.0 Å². The molecule has 104 valence electrons. The van der Waals surface area contributed by atoms with E-state index < -0.39 is 0 Å². The Bertz CT molecular complexity index is 916. The minimum atomic E-state index is 0.886. The van der Waals surface area contributed by atoms with Crippen LogP contribution in [0.3, 0.4) is 0 Å². The smallest absolute Gasteiger partial charge is 0.0894 e. The summed E-state index contributed by atoms with van der Waals surface area (Å²) in [5.41, 5.74) is 6.03. The molecule has 0 aliphatic rings. The van der Waals surface area contributed by atoms with Gasteiger partial charge in [-0.05, 0) is 29.3 Å². The quantitative estimate of drug-likeness (QED) is 0.548. The second-order valence-electron chi connectivity index (χ2n) is 5.06. The fourth-order valence-electron chi connectivity index (χ4n) is 2.46. The van der Waals surface area contributed by atoms with Crippen LogP contribution in [0.4, 0.5) is 0 Å². The average Bonchev–Trinajstić information content (AvgIpc) is 2.62. The Balaban J connectivity index is 1.73. The van der Waals surface area contributed by atoms with Gasteiger partial charge >= 0.3 is 0 Å². The van der Waals surface area contributed by atoms with Gasteiger partial charge in [0.25, 0.3) is 0 Å². The maximum absolute atomic E-state index is 4.67. The molecule has 0 radical (unpaired) electrons. The lowest BCUT2D eigenvalue weighted by Crippen LogP contribution is -1.88. The van der Waals surface area contributed by atoms with Crippen molar-refractivity contribution in [1.82, 2.24) is 15.0 Å². The first-order chi connectivity index (χ1) is 10.9. The second kappa shape index (κ2) is 5.37. The molecule has 2 heterocycles. The molecule has 22 heavy (non-hydrogen) atoms. The van der Waals surface area contributed by atoms with E-state index in [9.17, 15) is 0 Å². The summed E-state index contributed by atoms with van der Waals surface area (Å²) in [5, 5.41) is 0. The number of para-hydroxylation sites is 2. The van der Waals surface area contributed by atoms with Crippen LogP contribution >= 0.6 is 0 Å². The number of fused-ring (bicyclic) bond motifs is 1. The van der Waals surface area contributed by atoms with E-state index in [2.05, 4.69) is 45.3 Å². The number of benzene rings is 2. The molecule has 0 atom stereocenters. The molecule has 0 N–H and O–H groups in total. The lowest BCUT2D eigenvalue weighted by molar-refractivity contribution is 1.29. The Hall–Kier alpha value is -3.07. The van der Waals surface area contributed by atoms with Crippen LogP contribution in [0, 0.1) is 0 Å². The summed E-state index contributed by atoms with van der Waals surface area (Å²) in [5.74, 6) is 0. The zero-order valence-electron chi connectivity index (χ0n) is 11.8. The van der Waals surface area contributed by atoms with Gasteiger partial charge in [-0.2, -0.15) is 0 Å². The summed E-state index contributed by atoms with van der Waals surface area (Å²) in [7, 11) is 0.